The van der Waals surface area contributed by atoms with Crippen LogP contribution in [-0.2, 0) is 14.3 Å². The number of nitrogens with zero attached hydrogens (tertiary/aromatic N) is 2. The summed E-state index contributed by atoms with van der Waals surface area (Å²) < 4.78 is 11.2. The zero-order valence-electron chi connectivity index (χ0n) is 17.4. The van der Waals surface area contributed by atoms with Crippen molar-refractivity contribution in [3.8, 4) is 0 Å². The SMILES string of the molecule is CN=C(NCC(C(=O)N1CCOCC1)c1ccccc1)NCC1(C)CCCO1.I. The largest absolute Gasteiger partial charge is 0.378 e. The Hall–Kier alpha value is -1.39. The summed E-state index contributed by atoms with van der Waals surface area (Å²) in [6.45, 7) is 6.60. The Bertz CT molecular complexity index is 659. The summed E-state index contributed by atoms with van der Waals surface area (Å²) >= 11 is 0. The number of benzene rings is 1. The fraction of sp³-hybridized carbons (Fsp3) is 0.619. The Labute approximate surface area is 190 Å². The molecule has 2 atom stereocenters. The second kappa shape index (κ2) is 11.7. The Morgan fingerprint density at radius 2 is 1.93 bits per heavy atom. The lowest BCUT2D eigenvalue weighted by Crippen LogP contribution is -2.49. The van der Waals surface area contributed by atoms with Gasteiger partial charge >= 0.3 is 0 Å². The van der Waals surface area contributed by atoms with Crippen LogP contribution in [0.1, 0.15) is 31.2 Å². The van der Waals surface area contributed by atoms with Gasteiger partial charge in [0, 0.05) is 39.8 Å². The van der Waals surface area contributed by atoms with Crippen molar-refractivity contribution in [1.29, 1.82) is 0 Å². The van der Waals surface area contributed by atoms with Crippen molar-refractivity contribution in [2.75, 3.05) is 53.0 Å². The van der Waals surface area contributed by atoms with E-state index < -0.39 is 0 Å². The van der Waals surface area contributed by atoms with Crippen LogP contribution >= 0.6 is 24.0 Å². The topological polar surface area (TPSA) is 75.2 Å². The molecule has 0 aliphatic carbocycles. The minimum Gasteiger partial charge on any atom is -0.378 e. The van der Waals surface area contributed by atoms with Crippen LogP contribution in [-0.4, -0.2) is 75.4 Å². The molecule has 2 heterocycles. The first-order valence-electron chi connectivity index (χ1n) is 10.1. The third-order valence-corrected chi connectivity index (χ3v) is 5.45. The third-order valence-electron chi connectivity index (χ3n) is 5.45. The lowest BCUT2D eigenvalue weighted by molar-refractivity contribution is -0.136. The molecule has 0 spiro atoms. The zero-order chi connectivity index (χ0) is 19.8. The summed E-state index contributed by atoms with van der Waals surface area (Å²) in [7, 11) is 1.74. The molecule has 7 nitrogen and oxygen atoms in total. The molecule has 2 aliphatic heterocycles. The molecule has 2 aliphatic rings. The van der Waals surface area contributed by atoms with Gasteiger partial charge in [0.25, 0.3) is 0 Å². The van der Waals surface area contributed by atoms with Crippen LogP contribution in [0.25, 0.3) is 0 Å². The molecule has 2 unspecified atom stereocenters. The molecule has 2 saturated heterocycles. The number of rotatable bonds is 6. The highest BCUT2D eigenvalue weighted by Gasteiger charge is 2.30. The molecule has 162 valence electrons. The Morgan fingerprint density at radius 3 is 2.55 bits per heavy atom. The van der Waals surface area contributed by atoms with Gasteiger partial charge in [-0.3, -0.25) is 9.79 Å². The van der Waals surface area contributed by atoms with E-state index in [2.05, 4.69) is 22.5 Å². The van der Waals surface area contributed by atoms with E-state index in [9.17, 15) is 4.79 Å². The van der Waals surface area contributed by atoms with Gasteiger partial charge in [0.15, 0.2) is 5.96 Å². The fourth-order valence-electron chi connectivity index (χ4n) is 3.70. The molecule has 29 heavy (non-hydrogen) atoms. The molecule has 3 rings (SSSR count). The van der Waals surface area contributed by atoms with Crippen LogP contribution in [0.2, 0.25) is 0 Å². The van der Waals surface area contributed by atoms with Gasteiger partial charge in [0.1, 0.15) is 0 Å². The Kier molecular flexibility index (Phi) is 9.64. The van der Waals surface area contributed by atoms with Crippen molar-refractivity contribution in [3.05, 3.63) is 35.9 Å². The molecular formula is C21H33IN4O3. The maximum atomic E-state index is 13.2. The van der Waals surface area contributed by atoms with Crippen LogP contribution in [0.5, 0.6) is 0 Å². The number of hydrogen-bond donors (Lipinski definition) is 2. The number of halogens is 1. The normalized spacial score (nSPS) is 23.2. The minimum atomic E-state index is -0.267. The van der Waals surface area contributed by atoms with E-state index in [1.54, 1.807) is 7.05 Å². The van der Waals surface area contributed by atoms with Crippen LogP contribution in [0.4, 0.5) is 0 Å². The molecular weight excluding hydrogens is 483 g/mol. The summed E-state index contributed by atoms with van der Waals surface area (Å²) in [6.07, 6.45) is 2.13. The van der Waals surface area contributed by atoms with Crippen LogP contribution in [0.3, 0.4) is 0 Å². The number of ether oxygens (including phenoxy) is 2. The first-order chi connectivity index (χ1) is 13.6. The van der Waals surface area contributed by atoms with Crippen molar-refractivity contribution >= 4 is 35.8 Å². The number of guanidine groups is 1. The second-order valence-electron chi connectivity index (χ2n) is 7.61. The van der Waals surface area contributed by atoms with E-state index >= 15 is 0 Å². The number of carbonyl (C=O) groups is 1. The van der Waals surface area contributed by atoms with E-state index in [4.69, 9.17) is 9.47 Å². The van der Waals surface area contributed by atoms with E-state index in [1.807, 2.05) is 35.2 Å². The van der Waals surface area contributed by atoms with Crippen molar-refractivity contribution in [2.24, 2.45) is 4.99 Å². The van der Waals surface area contributed by atoms with Gasteiger partial charge in [0.05, 0.1) is 24.7 Å². The van der Waals surface area contributed by atoms with Gasteiger partial charge < -0.3 is 25.0 Å². The average molecular weight is 516 g/mol. The lowest BCUT2D eigenvalue weighted by atomic mass is 9.97. The van der Waals surface area contributed by atoms with Crippen molar-refractivity contribution in [2.45, 2.75) is 31.3 Å². The highest BCUT2D eigenvalue weighted by molar-refractivity contribution is 14.0. The molecule has 0 aromatic heterocycles. The smallest absolute Gasteiger partial charge is 0.232 e. The summed E-state index contributed by atoms with van der Waals surface area (Å²) in [4.78, 5) is 19.4. The summed E-state index contributed by atoms with van der Waals surface area (Å²) in [5.74, 6) is 0.548. The number of amides is 1. The molecule has 0 radical (unpaired) electrons. The van der Waals surface area contributed by atoms with Crippen molar-refractivity contribution < 1.29 is 14.3 Å². The molecule has 1 aromatic rings. The Balaban J connectivity index is 0.00000300. The monoisotopic (exact) mass is 516 g/mol. The third kappa shape index (κ3) is 6.82. The fourth-order valence-corrected chi connectivity index (χ4v) is 3.70. The maximum Gasteiger partial charge on any atom is 0.232 e. The molecule has 0 bridgehead atoms. The van der Waals surface area contributed by atoms with Crippen LogP contribution < -0.4 is 10.6 Å². The van der Waals surface area contributed by atoms with Gasteiger partial charge in [-0.1, -0.05) is 30.3 Å². The number of hydrogen-bond acceptors (Lipinski definition) is 4. The highest BCUT2D eigenvalue weighted by atomic mass is 127. The van der Waals surface area contributed by atoms with Crippen LogP contribution in [0, 0.1) is 0 Å². The molecule has 1 amide bonds. The number of nitrogens with one attached hydrogen (secondary N) is 2. The van der Waals surface area contributed by atoms with E-state index in [1.165, 1.54) is 0 Å². The average Bonchev–Trinajstić information content (AvgIpc) is 3.18. The molecule has 0 saturated carbocycles. The lowest BCUT2D eigenvalue weighted by Gasteiger charge is -2.31. The Morgan fingerprint density at radius 1 is 1.21 bits per heavy atom. The first kappa shape index (κ1) is 23.9. The number of carbonyl (C=O) groups excluding carboxylic acids is 1. The maximum absolute atomic E-state index is 13.2. The van der Waals surface area contributed by atoms with Gasteiger partial charge in [-0.15, -0.1) is 24.0 Å². The highest BCUT2D eigenvalue weighted by Crippen LogP contribution is 2.24. The summed E-state index contributed by atoms with van der Waals surface area (Å²) in [6, 6.07) is 9.93. The molecule has 2 fully saturated rings. The number of aliphatic imine (C=N–C) groups is 1. The minimum absolute atomic E-state index is 0. The summed E-state index contributed by atoms with van der Waals surface area (Å²) in [5.41, 5.74) is 0.855. The molecule has 2 N–H and O–H groups in total. The molecule has 1 aromatic carbocycles. The predicted octanol–water partition coefficient (Wildman–Crippen LogP) is 1.98. The van der Waals surface area contributed by atoms with Gasteiger partial charge in [0.2, 0.25) is 5.91 Å². The zero-order valence-corrected chi connectivity index (χ0v) is 19.7. The van der Waals surface area contributed by atoms with Gasteiger partial charge in [-0.05, 0) is 25.3 Å². The second-order valence-corrected chi connectivity index (χ2v) is 7.61. The van der Waals surface area contributed by atoms with Crippen molar-refractivity contribution in [1.82, 2.24) is 15.5 Å². The first-order valence-corrected chi connectivity index (χ1v) is 10.1. The number of morpholine rings is 1. The van der Waals surface area contributed by atoms with E-state index in [0.29, 0.717) is 45.4 Å². The van der Waals surface area contributed by atoms with Crippen LogP contribution in [0.15, 0.2) is 35.3 Å². The van der Waals surface area contributed by atoms with E-state index in [0.717, 1.165) is 25.0 Å². The standard InChI is InChI=1S/C21H32N4O3.HI/c1-21(9-6-12-28-21)16-24-20(22-2)23-15-18(17-7-4-3-5-8-17)19(26)25-10-13-27-14-11-25;/h3-5,7-8,18H,6,9-16H2,1-2H3,(H2,22,23,24);1H. The molecule has 8 heteroatoms. The van der Waals surface area contributed by atoms with Gasteiger partial charge in [-0.2, -0.15) is 0 Å². The van der Waals surface area contributed by atoms with Gasteiger partial charge in [-0.25, -0.2) is 0 Å². The summed E-state index contributed by atoms with van der Waals surface area (Å²) in [5, 5.41) is 6.68. The quantitative estimate of drug-likeness (QED) is 0.344. The van der Waals surface area contributed by atoms with Crippen molar-refractivity contribution in [3.63, 3.8) is 0 Å². The van der Waals surface area contributed by atoms with E-state index in [-0.39, 0.29) is 41.4 Å². The predicted molar refractivity (Wildman–Crippen MR) is 125 cm³/mol.